The van der Waals surface area contributed by atoms with E-state index in [2.05, 4.69) is 31.9 Å². The molecule has 1 aliphatic rings. The summed E-state index contributed by atoms with van der Waals surface area (Å²) in [6.07, 6.45) is 2.59. The first-order chi connectivity index (χ1) is 7.52. The Kier molecular flexibility index (Phi) is 4.14. The molecule has 1 fully saturated rings. The Morgan fingerprint density at radius 1 is 1.44 bits per heavy atom. The number of alkyl halides is 1. The molecule has 0 amide bonds. The van der Waals surface area contributed by atoms with E-state index in [0.29, 0.717) is 5.75 Å². The van der Waals surface area contributed by atoms with Crippen molar-refractivity contribution < 1.29 is 8.42 Å². The molecule has 2 heterocycles. The zero-order valence-corrected chi connectivity index (χ0v) is 13.3. The molecule has 90 valence electrons. The van der Waals surface area contributed by atoms with Gasteiger partial charge in [0, 0.05) is 9.35 Å². The Labute approximate surface area is 117 Å². The summed E-state index contributed by atoms with van der Waals surface area (Å²) in [6.45, 7) is 0. The number of sulfone groups is 1. The van der Waals surface area contributed by atoms with Crippen molar-refractivity contribution in [2.75, 3.05) is 5.75 Å². The average Bonchev–Trinajstić information content (AvgIpc) is 2.63. The molecular weight excluding hydrogens is 376 g/mol. The standard InChI is InChI=1S/C10H12Br2O2S2/c11-7-4-5-15-10(7)9(12)8-3-1-2-6-16(8,13)14/h4-5,8-9H,1-3,6H2. The fourth-order valence-electron chi connectivity index (χ4n) is 1.98. The maximum Gasteiger partial charge on any atom is 0.154 e. The van der Waals surface area contributed by atoms with Crippen LogP contribution in [0.1, 0.15) is 29.0 Å². The van der Waals surface area contributed by atoms with Crippen LogP contribution in [-0.4, -0.2) is 19.4 Å². The van der Waals surface area contributed by atoms with Crippen LogP contribution in [0.2, 0.25) is 0 Å². The number of hydrogen-bond acceptors (Lipinski definition) is 3. The highest BCUT2D eigenvalue weighted by Gasteiger charge is 2.36. The average molecular weight is 388 g/mol. The molecule has 0 N–H and O–H groups in total. The minimum atomic E-state index is -2.93. The monoisotopic (exact) mass is 386 g/mol. The quantitative estimate of drug-likeness (QED) is 0.720. The van der Waals surface area contributed by atoms with Crippen LogP contribution in [0.4, 0.5) is 0 Å². The molecule has 2 atom stereocenters. The van der Waals surface area contributed by atoms with Crippen LogP contribution < -0.4 is 0 Å². The van der Waals surface area contributed by atoms with E-state index in [9.17, 15) is 8.42 Å². The summed E-state index contributed by atoms with van der Waals surface area (Å²) in [4.78, 5) is 1.00. The van der Waals surface area contributed by atoms with Crippen molar-refractivity contribution in [3.63, 3.8) is 0 Å². The lowest BCUT2D eigenvalue weighted by Gasteiger charge is -2.26. The zero-order valence-electron chi connectivity index (χ0n) is 8.53. The van der Waals surface area contributed by atoms with Gasteiger partial charge in [-0.2, -0.15) is 0 Å². The van der Waals surface area contributed by atoms with Crippen LogP contribution in [-0.2, 0) is 9.84 Å². The third-order valence-corrected chi connectivity index (χ3v) is 8.84. The van der Waals surface area contributed by atoms with Gasteiger partial charge < -0.3 is 0 Å². The predicted molar refractivity (Wildman–Crippen MR) is 75.1 cm³/mol. The van der Waals surface area contributed by atoms with Gasteiger partial charge in [-0.25, -0.2) is 8.42 Å². The molecule has 0 radical (unpaired) electrons. The number of thiophene rings is 1. The molecule has 6 heteroatoms. The first kappa shape index (κ1) is 13.1. The minimum absolute atomic E-state index is 0.0767. The van der Waals surface area contributed by atoms with Gasteiger partial charge in [0.25, 0.3) is 0 Å². The van der Waals surface area contributed by atoms with Gasteiger partial charge in [0.2, 0.25) is 0 Å². The van der Waals surface area contributed by atoms with Gasteiger partial charge in [-0.3, -0.25) is 0 Å². The molecule has 1 aliphatic heterocycles. The molecule has 0 bridgehead atoms. The van der Waals surface area contributed by atoms with Crippen molar-refractivity contribution in [1.29, 1.82) is 0 Å². The molecule has 0 saturated carbocycles. The highest BCUT2D eigenvalue weighted by Crippen LogP contribution is 2.42. The fraction of sp³-hybridized carbons (Fsp3) is 0.600. The lowest BCUT2D eigenvalue weighted by Crippen LogP contribution is -2.31. The maximum atomic E-state index is 12.0. The summed E-state index contributed by atoms with van der Waals surface area (Å²) in [6, 6.07) is 1.96. The summed E-state index contributed by atoms with van der Waals surface area (Å²) < 4.78 is 25.0. The van der Waals surface area contributed by atoms with E-state index in [4.69, 9.17) is 0 Å². The van der Waals surface area contributed by atoms with Gasteiger partial charge in [-0.05, 0) is 40.2 Å². The van der Waals surface area contributed by atoms with E-state index in [1.165, 1.54) is 0 Å². The lowest BCUT2D eigenvalue weighted by molar-refractivity contribution is 0.538. The van der Waals surface area contributed by atoms with E-state index >= 15 is 0 Å². The largest absolute Gasteiger partial charge is 0.228 e. The third kappa shape index (κ3) is 2.54. The van der Waals surface area contributed by atoms with E-state index in [1.807, 2.05) is 11.4 Å². The number of hydrogen-bond donors (Lipinski definition) is 0. The van der Waals surface area contributed by atoms with E-state index in [1.54, 1.807) is 11.3 Å². The molecule has 0 aliphatic carbocycles. The lowest BCUT2D eigenvalue weighted by atomic mass is 10.1. The summed E-state index contributed by atoms with van der Waals surface area (Å²) in [5.41, 5.74) is 0. The van der Waals surface area contributed by atoms with Crippen LogP contribution >= 0.6 is 43.2 Å². The second-order valence-corrected chi connectivity index (χ2v) is 9.06. The molecule has 2 rings (SSSR count). The van der Waals surface area contributed by atoms with Crippen LogP contribution in [0.25, 0.3) is 0 Å². The predicted octanol–water partition coefficient (Wildman–Crippen LogP) is 3.91. The molecule has 2 nitrogen and oxygen atoms in total. The van der Waals surface area contributed by atoms with Crippen molar-refractivity contribution in [3.8, 4) is 0 Å². The van der Waals surface area contributed by atoms with Gasteiger partial charge >= 0.3 is 0 Å². The molecule has 2 unspecified atom stereocenters. The normalized spacial score (nSPS) is 26.5. The second kappa shape index (κ2) is 5.08. The van der Waals surface area contributed by atoms with Gasteiger partial charge in [0.1, 0.15) is 0 Å². The van der Waals surface area contributed by atoms with Gasteiger partial charge in [-0.15, -0.1) is 11.3 Å². The summed E-state index contributed by atoms with van der Waals surface area (Å²) in [5, 5.41) is 1.71. The fourth-order valence-corrected chi connectivity index (χ4v) is 7.79. The van der Waals surface area contributed by atoms with Crippen molar-refractivity contribution in [3.05, 3.63) is 20.8 Å². The van der Waals surface area contributed by atoms with Gasteiger partial charge in [0.15, 0.2) is 9.84 Å². The van der Waals surface area contributed by atoms with Crippen molar-refractivity contribution in [2.24, 2.45) is 0 Å². The molecule has 0 spiro atoms. The Morgan fingerprint density at radius 2 is 2.19 bits per heavy atom. The maximum absolute atomic E-state index is 12.0. The highest BCUT2D eigenvalue weighted by molar-refractivity contribution is 9.11. The van der Waals surface area contributed by atoms with Crippen LogP contribution in [0, 0.1) is 0 Å². The molecule has 1 aromatic heterocycles. The van der Waals surface area contributed by atoms with Crippen LogP contribution in [0.3, 0.4) is 0 Å². The Morgan fingerprint density at radius 3 is 2.75 bits per heavy atom. The van der Waals surface area contributed by atoms with Gasteiger partial charge in [-0.1, -0.05) is 22.4 Å². The van der Waals surface area contributed by atoms with Crippen molar-refractivity contribution in [1.82, 2.24) is 0 Å². The molecule has 1 saturated heterocycles. The SMILES string of the molecule is O=S1(=O)CCCCC1C(Br)c1sccc1Br. The number of halogens is 2. The topological polar surface area (TPSA) is 34.1 Å². The van der Waals surface area contributed by atoms with Crippen LogP contribution in [0.5, 0.6) is 0 Å². The third-order valence-electron chi connectivity index (χ3n) is 2.85. The molecule has 16 heavy (non-hydrogen) atoms. The molecule has 0 aromatic carbocycles. The van der Waals surface area contributed by atoms with E-state index in [0.717, 1.165) is 28.6 Å². The zero-order chi connectivity index (χ0) is 11.8. The minimum Gasteiger partial charge on any atom is -0.228 e. The first-order valence-corrected chi connectivity index (χ1v) is 9.41. The van der Waals surface area contributed by atoms with Gasteiger partial charge in [0.05, 0.1) is 15.8 Å². The Balaban J connectivity index is 2.28. The molecule has 1 aromatic rings. The Hall–Kier alpha value is 0.610. The summed E-state index contributed by atoms with van der Waals surface area (Å²) >= 11 is 8.60. The van der Waals surface area contributed by atoms with Crippen molar-refractivity contribution >= 4 is 53.0 Å². The number of rotatable bonds is 2. The summed E-state index contributed by atoms with van der Waals surface area (Å²) in [7, 11) is -2.93. The smallest absolute Gasteiger partial charge is 0.154 e. The van der Waals surface area contributed by atoms with E-state index < -0.39 is 9.84 Å². The second-order valence-electron chi connectivity index (χ2n) is 3.94. The Bertz CT molecular complexity index is 467. The highest BCUT2D eigenvalue weighted by atomic mass is 79.9. The first-order valence-electron chi connectivity index (χ1n) is 5.11. The van der Waals surface area contributed by atoms with E-state index in [-0.39, 0.29) is 10.1 Å². The van der Waals surface area contributed by atoms with Crippen LogP contribution in [0.15, 0.2) is 15.9 Å². The van der Waals surface area contributed by atoms with Crippen molar-refractivity contribution in [2.45, 2.75) is 29.3 Å². The molecular formula is C10H12Br2O2S2. The summed E-state index contributed by atoms with van der Waals surface area (Å²) in [5.74, 6) is 0.336.